The van der Waals surface area contributed by atoms with Gasteiger partial charge in [-0.1, -0.05) is 18.2 Å². The maximum absolute atomic E-state index is 9.47. The first-order valence-corrected chi connectivity index (χ1v) is 6.23. The number of nitrogens with zero attached hydrogens (tertiary/aromatic N) is 1. The Morgan fingerprint density at radius 3 is 3.00 bits per heavy atom. The molecule has 0 fully saturated rings. The fraction of sp³-hybridized carbons (Fsp3) is 0.133. The largest absolute Gasteiger partial charge is 0.508 e. The highest BCUT2D eigenvalue weighted by Gasteiger charge is 2.26. The number of para-hydroxylation sites is 1. The summed E-state index contributed by atoms with van der Waals surface area (Å²) in [6.07, 6.45) is 0.745. The lowest BCUT2D eigenvalue weighted by molar-refractivity contribution is 0.229. The van der Waals surface area contributed by atoms with Crippen molar-refractivity contribution in [1.82, 2.24) is 9.97 Å². The minimum Gasteiger partial charge on any atom is -0.508 e. The summed E-state index contributed by atoms with van der Waals surface area (Å²) >= 11 is 0. The lowest BCUT2D eigenvalue weighted by Gasteiger charge is -2.06. The molecule has 2 N–H and O–H groups in total. The Morgan fingerprint density at radius 2 is 2.11 bits per heavy atom. The number of benzene rings is 2. The molecule has 0 amide bonds. The average Bonchev–Trinajstić information content (AvgIpc) is 3.00. The predicted octanol–water partition coefficient (Wildman–Crippen LogP) is 2.94. The molecule has 1 aromatic heterocycles. The summed E-state index contributed by atoms with van der Waals surface area (Å²) in [4.78, 5) is 7.74. The second-order valence-corrected chi connectivity index (χ2v) is 4.74. The topological polar surface area (TPSA) is 58.1 Å². The van der Waals surface area contributed by atoms with E-state index in [1.807, 2.05) is 18.2 Å². The summed E-state index contributed by atoms with van der Waals surface area (Å²) < 4.78 is 5.90. The van der Waals surface area contributed by atoms with Gasteiger partial charge >= 0.3 is 0 Å². The van der Waals surface area contributed by atoms with Crippen LogP contribution >= 0.6 is 0 Å². The molecule has 0 radical (unpaired) electrons. The molecule has 0 saturated carbocycles. The van der Waals surface area contributed by atoms with E-state index in [0.29, 0.717) is 0 Å². The van der Waals surface area contributed by atoms with Gasteiger partial charge in [-0.3, -0.25) is 0 Å². The molecule has 0 bridgehead atoms. The van der Waals surface area contributed by atoms with Crippen LogP contribution in [-0.4, -0.2) is 15.1 Å². The molecule has 0 spiro atoms. The standard InChI is InChI=1S/C15H12N2O2/c18-10-5-6-11-12(8-10)17-15(16-11)14-7-9-3-1-2-4-13(9)19-14/h1-6,8,14,18H,7H2,(H,16,17). The van der Waals surface area contributed by atoms with E-state index < -0.39 is 0 Å². The molecule has 1 aliphatic rings. The van der Waals surface area contributed by atoms with Crippen molar-refractivity contribution in [2.45, 2.75) is 12.5 Å². The van der Waals surface area contributed by atoms with Crippen molar-refractivity contribution in [3.8, 4) is 11.5 Å². The van der Waals surface area contributed by atoms with Crippen LogP contribution in [0.2, 0.25) is 0 Å². The maximum atomic E-state index is 9.47. The number of ether oxygens (including phenoxy) is 1. The van der Waals surface area contributed by atoms with Gasteiger partial charge in [-0.25, -0.2) is 4.98 Å². The number of hydrogen-bond donors (Lipinski definition) is 2. The highest BCUT2D eigenvalue weighted by atomic mass is 16.5. The van der Waals surface area contributed by atoms with Gasteiger partial charge < -0.3 is 14.8 Å². The Balaban J connectivity index is 1.73. The third-order valence-electron chi connectivity index (χ3n) is 3.44. The van der Waals surface area contributed by atoms with E-state index in [4.69, 9.17) is 4.74 Å². The maximum Gasteiger partial charge on any atom is 0.160 e. The number of phenols is 1. The number of nitrogens with one attached hydrogen (secondary N) is 1. The Labute approximate surface area is 109 Å². The van der Waals surface area contributed by atoms with Crippen molar-refractivity contribution >= 4 is 11.0 Å². The number of aromatic amines is 1. The zero-order chi connectivity index (χ0) is 12.8. The fourth-order valence-electron chi connectivity index (χ4n) is 2.50. The number of aromatic hydroxyl groups is 1. The third-order valence-corrected chi connectivity index (χ3v) is 3.44. The van der Waals surface area contributed by atoms with E-state index in [9.17, 15) is 5.11 Å². The molecule has 0 aliphatic carbocycles. The minimum atomic E-state index is -0.0769. The number of imidazole rings is 1. The number of hydrogen-bond acceptors (Lipinski definition) is 3. The first-order valence-electron chi connectivity index (χ1n) is 6.23. The molecule has 1 aliphatic heterocycles. The van der Waals surface area contributed by atoms with Gasteiger partial charge in [-0.05, 0) is 23.8 Å². The van der Waals surface area contributed by atoms with Crippen molar-refractivity contribution < 1.29 is 9.84 Å². The molecule has 1 atom stereocenters. The van der Waals surface area contributed by atoms with E-state index in [-0.39, 0.29) is 11.9 Å². The third kappa shape index (κ3) is 1.64. The SMILES string of the molecule is Oc1ccc2nc(C3Cc4ccccc4O3)[nH]c2c1. The Morgan fingerprint density at radius 1 is 1.21 bits per heavy atom. The van der Waals surface area contributed by atoms with Gasteiger partial charge in [-0.2, -0.15) is 0 Å². The minimum absolute atomic E-state index is 0.0769. The molecular weight excluding hydrogens is 240 g/mol. The predicted molar refractivity (Wildman–Crippen MR) is 71.3 cm³/mol. The molecule has 4 nitrogen and oxygen atoms in total. The van der Waals surface area contributed by atoms with Crippen LogP contribution < -0.4 is 4.74 Å². The first kappa shape index (κ1) is 10.4. The Bertz CT molecular complexity index is 739. The van der Waals surface area contributed by atoms with Gasteiger partial charge in [0, 0.05) is 12.5 Å². The van der Waals surface area contributed by atoms with E-state index in [2.05, 4.69) is 16.0 Å². The summed E-state index contributed by atoms with van der Waals surface area (Å²) in [6.45, 7) is 0. The van der Waals surface area contributed by atoms with Crippen molar-refractivity contribution in [2.75, 3.05) is 0 Å². The molecule has 2 heterocycles. The molecular formula is C15H12N2O2. The van der Waals surface area contributed by atoms with Gasteiger partial charge in [0.05, 0.1) is 11.0 Å². The molecule has 2 aromatic carbocycles. The number of phenolic OH excluding ortho intramolecular Hbond substituents is 1. The highest BCUT2D eigenvalue weighted by molar-refractivity contribution is 5.76. The summed E-state index contributed by atoms with van der Waals surface area (Å²) in [7, 11) is 0. The smallest absolute Gasteiger partial charge is 0.160 e. The number of rotatable bonds is 1. The van der Waals surface area contributed by atoms with Gasteiger partial charge in [0.1, 0.15) is 17.3 Å². The van der Waals surface area contributed by atoms with Gasteiger partial charge in [0.25, 0.3) is 0 Å². The Kier molecular flexibility index (Phi) is 2.06. The van der Waals surface area contributed by atoms with Crippen LogP contribution in [0.5, 0.6) is 11.5 Å². The number of H-pyrrole nitrogens is 1. The van der Waals surface area contributed by atoms with Crippen LogP contribution in [-0.2, 0) is 6.42 Å². The molecule has 4 rings (SSSR count). The second kappa shape index (κ2) is 3.75. The zero-order valence-electron chi connectivity index (χ0n) is 10.1. The van der Waals surface area contributed by atoms with Crippen molar-refractivity contribution in [3.05, 3.63) is 53.9 Å². The molecule has 1 unspecified atom stereocenters. The van der Waals surface area contributed by atoms with Gasteiger partial charge in [0.15, 0.2) is 6.10 Å². The van der Waals surface area contributed by atoms with Gasteiger partial charge in [0.2, 0.25) is 0 Å². The molecule has 0 saturated heterocycles. The van der Waals surface area contributed by atoms with E-state index in [1.165, 1.54) is 5.56 Å². The second-order valence-electron chi connectivity index (χ2n) is 4.74. The monoisotopic (exact) mass is 252 g/mol. The number of fused-ring (bicyclic) bond motifs is 2. The first-order chi connectivity index (χ1) is 9.29. The lowest BCUT2D eigenvalue weighted by atomic mass is 10.1. The summed E-state index contributed by atoms with van der Waals surface area (Å²) in [5.41, 5.74) is 2.87. The zero-order valence-corrected chi connectivity index (χ0v) is 10.1. The fourth-order valence-corrected chi connectivity index (χ4v) is 2.50. The average molecular weight is 252 g/mol. The summed E-state index contributed by atoms with van der Waals surface area (Å²) in [6, 6.07) is 13.1. The van der Waals surface area contributed by atoms with Crippen molar-refractivity contribution in [2.24, 2.45) is 0 Å². The molecule has 19 heavy (non-hydrogen) atoms. The van der Waals surface area contributed by atoms with Crippen LogP contribution in [0.25, 0.3) is 11.0 Å². The quantitative estimate of drug-likeness (QED) is 0.700. The van der Waals surface area contributed by atoms with E-state index in [0.717, 1.165) is 29.0 Å². The van der Waals surface area contributed by atoms with Gasteiger partial charge in [-0.15, -0.1) is 0 Å². The summed E-state index contributed by atoms with van der Waals surface area (Å²) in [5, 5.41) is 9.47. The van der Waals surface area contributed by atoms with Crippen LogP contribution in [0, 0.1) is 0 Å². The van der Waals surface area contributed by atoms with Crippen LogP contribution in [0.15, 0.2) is 42.5 Å². The van der Waals surface area contributed by atoms with Crippen molar-refractivity contribution in [1.29, 1.82) is 0 Å². The lowest BCUT2D eigenvalue weighted by Crippen LogP contribution is -2.05. The Hall–Kier alpha value is -2.49. The van der Waals surface area contributed by atoms with E-state index >= 15 is 0 Å². The normalized spacial score (nSPS) is 17.4. The molecule has 94 valence electrons. The summed E-state index contributed by atoms with van der Waals surface area (Å²) in [5.74, 6) is 1.96. The number of aromatic nitrogens is 2. The van der Waals surface area contributed by atoms with Crippen LogP contribution in [0.1, 0.15) is 17.5 Å². The molecule has 4 heteroatoms. The highest BCUT2D eigenvalue weighted by Crippen LogP contribution is 2.35. The van der Waals surface area contributed by atoms with Crippen LogP contribution in [0.4, 0.5) is 0 Å². The van der Waals surface area contributed by atoms with Crippen molar-refractivity contribution in [3.63, 3.8) is 0 Å². The van der Waals surface area contributed by atoms with Crippen LogP contribution in [0.3, 0.4) is 0 Å². The van der Waals surface area contributed by atoms with E-state index in [1.54, 1.807) is 18.2 Å². The molecule has 3 aromatic rings.